The minimum absolute atomic E-state index is 0.0303. The Bertz CT molecular complexity index is 601. The van der Waals surface area contributed by atoms with Crippen LogP contribution in [-0.2, 0) is 0 Å². The van der Waals surface area contributed by atoms with Gasteiger partial charge in [-0.05, 0) is 31.0 Å². The Morgan fingerprint density at radius 2 is 1.73 bits per heavy atom. The number of carbonyl (C=O) groups excluding carboxylic acids is 1. The quantitative estimate of drug-likeness (QED) is 0.877. The summed E-state index contributed by atoms with van der Waals surface area (Å²) in [7, 11) is 1.44. The molecule has 118 valence electrons. The zero-order valence-electron chi connectivity index (χ0n) is 12.4. The SMILES string of the molecule is COc1cc(C(=O)O)cc(C(=O)N2C[C@H]3CC[C@@H](C2)C3O)c1. The van der Waals surface area contributed by atoms with Gasteiger partial charge in [0.25, 0.3) is 5.91 Å². The number of piperidine rings is 1. The van der Waals surface area contributed by atoms with Crippen molar-refractivity contribution in [1.82, 2.24) is 4.90 Å². The van der Waals surface area contributed by atoms with E-state index < -0.39 is 5.97 Å². The van der Waals surface area contributed by atoms with Crippen LogP contribution in [-0.4, -0.2) is 53.3 Å². The number of benzene rings is 1. The predicted molar refractivity (Wildman–Crippen MR) is 78.1 cm³/mol. The van der Waals surface area contributed by atoms with Gasteiger partial charge in [-0.3, -0.25) is 4.79 Å². The summed E-state index contributed by atoms with van der Waals surface area (Å²) in [5, 5.41) is 19.2. The first-order chi connectivity index (χ1) is 10.5. The maximum absolute atomic E-state index is 12.7. The van der Waals surface area contributed by atoms with Gasteiger partial charge in [0.1, 0.15) is 5.75 Å². The van der Waals surface area contributed by atoms with Crippen molar-refractivity contribution >= 4 is 11.9 Å². The van der Waals surface area contributed by atoms with Crippen LogP contribution in [0.3, 0.4) is 0 Å². The van der Waals surface area contributed by atoms with Gasteiger partial charge >= 0.3 is 5.97 Å². The molecule has 1 heterocycles. The van der Waals surface area contributed by atoms with Crippen LogP contribution in [0.5, 0.6) is 5.75 Å². The lowest BCUT2D eigenvalue weighted by molar-refractivity contribution is 0.0166. The predicted octanol–water partition coefficient (Wildman–Crippen LogP) is 1.24. The fraction of sp³-hybridized carbons (Fsp3) is 0.500. The second-order valence-electron chi connectivity index (χ2n) is 6.05. The number of fused-ring (bicyclic) bond motifs is 2. The lowest BCUT2D eigenvalue weighted by Crippen LogP contribution is -2.47. The van der Waals surface area contributed by atoms with Crippen LogP contribution in [0.4, 0.5) is 0 Å². The van der Waals surface area contributed by atoms with Gasteiger partial charge in [-0.2, -0.15) is 0 Å². The van der Waals surface area contributed by atoms with Crippen molar-refractivity contribution in [1.29, 1.82) is 0 Å². The number of aliphatic hydroxyl groups is 1. The highest BCUT2D eigenvalue weighted by Gasteiger charge is 2.42. The van der Waals surface area contributed by atoms with Crippen LogP contribution in [0.1, 0.15) is 33.6 Å². The van der Waals surface area contributed by atoms with E-state index in [2.05, 4.69) is 0 Å². The molecule has 1 aliphatic carbocycles. The van der Waals surface area contributed by atoms with Crippen LogP contribution < -0.4 is 4.74 Å². The third-order valence-electron chi connectivity index (χ3n) is 4.71. The van der Waals surface area contributed by atoms with Crippen molar-refractivity contribution in [2.24, 2.45) is 11.8 Å². The summed E-state index contributed by atoms with van der Waals surface area (Å²) < 4.78 is 5.08. The van der Waals surface area contributed by atoms with Gasteiger partial charge < -0.3 is 19.8 Å². The molecule has 1 saturated heterocycles. The van der Waals surface area contributed by atoms with Crippen LogP contribution in [0.25, 0.3) is 0 Å². The summed E-state index contributed by atoms with van der Waals surface area (Å²) in [5.74, 6) is -0.685. The van der Waals surface area contributed by atoms with Gasteiger partial charge in [0.05, 0.1) is 18.8 Å². The number of carboxylic acids is 1. The number of likely N-dealkylation sites (tertiary alicyclic amines) is 1. The number of ether oxygens (including phenoxy) is 1. The maximum atomic E-state index is 12.7. The number of aromatic carboxylic acids is 1. The number of amides is 1. The standard InChI is InChI=1S/C16H19NO5/c1-22-13-5-11(4-12(6-13)16(20)21)15(19)17-7-9-2-3-10(8-17)14(9)18/h4-6,9-10,14,18H,2-3,7-8H2,1H3,(H,20,21)/t9-,10+,14?. The van der Waals surface area contributed by atoms with Gasteiger partial charge in [-0.15, -0.1) is 0 Å². The number of carboxylic acid groups (broad SMARTS) is 1. The second-order valence-corrected chi connectivity index (χ2v) is 6.05. The molecule has 1 saturated carbocycles. The average molecular weight is 305 g/mol. The summed E-state index contributed by atoms with van der Waals surface area (Å²) in [6.45, 7) is 1.05. The Kier molecular flexibility index (Phi) is 3.78. The molecule has 1 aromatic carbocycles. The molecular weight excluding hydrogens is 286 g/mol. The molecule has 2 fully saturated rings. The van der Waals surface area contributed by atoms with Gasteiger partial charge in [-0.25, -0.2) is 4.79 Å². The molecule has 1 aliphatic heterocycles. The van der Waals surface area contributed by atoms with E-state index in [0.717, 1.165) is 12.8 Å². The van der Waals surface area contributed by atoms with Gasteiger partial charge in [0, 0.05) is 30.5 Å². The first-order valence-electron chi connectivity index (χ1n) is 7.39. The summed E-state index contributed by atoms with van der Waals surface area (Å²) in [6.07, 6.45) is 1.56. The third kappa shape index (κ3) is 2.54. The number of hydrogen-bond acceptors (Lipinski definition) is 4. The Hall–Kier alpha value is -2.08. The first kappa shape index (κ1) is 14.8. The van der Waals surface area contributed by atoms with E-state index in [-0.39, 0.29) is 29.4 Å². The molecule has 22 heavy (non-hydrogen) atoms. The number of hydrogen-bond donors (Lipinski definition) is 2. The van der Waals surface area contributed by atoms with Crippen molar-refractivity contribution in [3.05, 3.63) is 29.3 Å². The largest absolute Gasteiger partial charge is 0.497 e. The van der Waals surface area contributed by atoms with Crippen molar-refractivity contribution < 1.29 is 24.5 Å². The van der Waals surface area contributed by atoms with E-state index in [9.17, 15) is 14.7 Å². The van der Waals surface area contributed by atoms with E-state index in [1.807, 2.05) is 0 Å². The summed E-state index contributed by atoms with van der Waals surface area (Å²) in [6, 6.07) is 4.32. The average Bonchev–Trinajstić information content (AvgIpc) is 2.75. The molecule has 1 unspecified atom stereocenters. The third-order valence-corrected chi connectivity index (χ3v) is 4.71. The fourth-order valence-corrected chi connectivity index (χ4v) is 3.51. The first-order valence-corrected chi connectivity index (χ1v) is 7.39. The van der Waals surface area contributed by atoms with Crippen LogP contribution in [0, 0.1) is 11.8 Å². The molecule has 6 heteroatoms. The Morgan fingerprint density at radius 1 is 1.14 bits per heavy atom. The van der Waals surface area contributed by atoms with Gasteiger partial charge in [-0.1, -0.05) is 0 Å². The van der Waals surface area contributed by atoms with Gasteiger partial charge in [0.2, 0.25) is 0 Å². The topological polar surface area (TPSA) is 87.1 Å². The molecule has 2 aliphatic rings. The fourth-order valence-electron chi connectivity index (χ4n) is 3.51. The molecule has 0 spiro atoms. The minimum Gasteiger partial charge on any atom is -0.497 e. The van der Waals surface area contributed by atoms with Crippen molar-refractivity contribution in [3.8, 4) is 5.75 Å². The molecule has 1 amide bonds. The number of methoxy groups -OCH3 is 1. The van der Waals surface area contributed by atoms with E-state index >= 15 is 0 Å². The van der Waals surface area contributed by atoms with Crippen LogP contribution in [0.2, 0.25) is 0 Å². The van der Waals surface area contributed by atoms with E-state index in [1.165, 1.54) is 19.2 Å². The van der Waals surface area contributed by atoms with E-state index in [1.54, 1.807) is 11.0 Å². The van der Waals surface area contributed by atoms with Crippen molar-refractivity contribution in [3.63, 3.8) is 0 Å². The Morgan fingerprint density at radius 3 is 2.27 bits per heavy atom. The Balaban J connectivity index is 1.86. The monoisotopic (exact) mass is 305 g/mol. The Labute approximate surface area is 128 Å². The maximum Gasteiger partial charge on any atom is 0.335 e. The normalized spacial score (nSPS) is 26.8. The molecule has 0 aromatic heterocycles. The lowest BCUT2D eigenvalue weighted by atomic mass is 9.94. The number of rotatable bonds is 3. The highest BCUT2D eigenvalue weighted by atomic mass is 16.5. The summed E-state index contributed by atoms with van der Waals surface area (Å²) in [4.78, 5) is 25.5. The van der Waals surface area contributed by atoms with Crippen molar-refractivity contribution in [2.45, 2.75) is 18.9 Å². The molecular formula is C16H19NO5. The van der Waals surface area contributed by atoms with Crippen LogP contribution >= 0.6 is 0 Å². The van der Waals surface area contributed by atoms with Crippen LogP contribution in [0.15, 0.2) is 18.2 Å². The zero-order valence-corrected chi connectivity index (χ0v) is 12.4. The molecule has 3 rings (SSSR count). The van der Waals surface area contributed by atoms with Gasteiger partial charge in [0.15, 0.2) is 0 Å². The van der Waals surface area contributed by atoms with E-state index in [4.69, 9.17) is 9.84 Å². The molecule has 2 N–H and O–H groups in total. The summed E-state index contributed by atoms with van der Waals surface area (Å²) >= 11 is 0. The summed E-state index contributed by atoms with van der Waals surface area (Å²) in [5.41, 5.74) is 0.343. The zero-order chi connectivity index (χ0) is 15.9. The highest BCUT2D eigenvalue weighted by Crippen LogP contribution is 2.37. The number of nitrogens with zero attached hydrogens (tertiary/aromatic N) is 1. The molecule has 1 aromatic rings. The highest BCUT2D eigenvalue weighted by molar-refractivity contribution is 5.98. The van der Waals surface area contributed by atoms with E-state index in [0.29, 0.717) is 24.4 Å². The number of aliphatic hydroxyl groups excluding tert-OH is 1. The molecule has 0 radical (unpaired) electrons. The molecule has 6 nitrogen and oxygen atoms in total. The second kappa shape index (κ2) is 5.61. The van der Waals surface area contributed by atoms with Crippen molar-refractivity contribution in [2.75, 3.05) is 20.2 Å². The molecule has 3 atom stereocenters. The lowest BCUT2D eigenvalue weighted by Gasteiger charge is -2.35. The molecule has 2 bridgehead atoms. The number of carbonyl (C=O) groups is 2. The smallest absolute Gasteiger partial charge is 0.335 e. The minimum atomic E-state index is -1.10.